The Kier molecular flexibility index (Phi) is 4.69. The summed E-state index contributed by atoms with van der Waals surface area (Å²) in [6.07, 6.45) is 10.4. The highest BCUT2D eigenvalue weighted by molar-refractivity contribution is 5.86. The van der Waals surface area contributed by atoms with Gasteiger partial charge in [-0.2, -0.15) is 5.10 Å². The molecule has 1 N–H and O–H groups in total. The van der Waals surface area contributed by atoms with E-state index in [2.05, 4.69) is 68.9 Å². The Bertz CT molecular complexity index is 1210. The summed E-state index contributed by atoms with van der Waals surface area (Å²) < 4.78 is 2.12. The molecular weight excluding hydrogens is 420 g/mol. The van der Waals surface area contributed by atoms with Gasteiger partial charge in [0.1, 0.15) is 5.60 Å². The molecule has 34 heavy (non-hydrogen) atoms. The van der Waals surface area contributed by atoms with Gasteiger partial charge in [0.2, 0.25) is 0 Å². The van der Waals surface area contributed by atoms with Gasteiger partial charge in [0.05, 0.1) is 17.6 Å². The summed E-state index contributed by atoms with van der Waals surface area (Å²) in [6, 6.07) is 8.59. The summed E-state index contributed by atoms with van der Waals surface area (Å²) in [4.78, 5) is 12.6. The molecule has 4 heteroatoms. The summed E-state index contributed by atoms with van der Waals surface area (Å²) in [5, 5.41) is 16.3. The van der Waals surface area contributed by atoms with E-state index in [9.17, 15) is 9.90 Å². The van der Waals surface area contributed by atoms with Gasteiger partial charge in [0.15, 0.2) is 5.78 Å². The highest BCUT2D eigenvalue weighted by Crippen LogP contribution is 2.68. The molecule has 7 atom stereocenters. The number of aromatic nitrogens is 2. The number of hydrogen-bond donors (Lipinski definition) is 1. The predicted octanol–water partition coefficient (Wildman–Crippen LogP) is 5.93. The highest BCUT2D eigenvalue weighted by atomic mass is 16.3. The molecular formula is C30H38N2O2. The number of benzene rings is 1. The van der Waals surface area contributed by atoms with Crippen molar-refractivity contribution in [1.82, 2.24) is 9.78 Å². The molecule has 4 aliphatic rings. The topological polar surface area (TPSA) is 55.1 Å². The Hall–Kier alpha value is -2.20. The number of nitrogens with zero attached hydrogens (tertiary/aromatic N) is 2. The van der Waals surface area contributed by atoms with Crippen molar-refractivity contribution in [2.45, 2.75) is 78.7 Å². The van der Waals surface area contributed by atoms with Crippen LogP contribution in [0.25, 0.3) is 11.8 Å². The fraction of sp³-hybridized carbons (Fsp3) is 0.600. The number of fused-ring (bicyclic) bond motifs is 6. The molecule has 0 aliphatic heterocycles. The molecule has 0 amide bonds. The van der Waals surface area contributed by atoms with Gasteiger partial charge in [-0.05, 0) is 111 Å². The normalized spacial score (nSPS) is 40.6. The SMILES string of the molecule is CC(=O)[C@@]1(O)CC[C@H]2[C@@H]3C[C@H](C)C4=Cc5c(cnn5-c5cccc(C)c5)C[C@]4(C)[C@H]3CC[C@@]21C. The van der Waals surface area contributed by atoms with Crippen LogP contribution in [0.15, 0.2) is 36.0 Å². The Morgan fingerprint density at radius 1 is 1.18 bits per heavy atom. The minimum Gasteiger partial charge on any atom is -0.382 e. The van der Waals surface area contributed by atoms with Crippen LogP contribution in [0.5, 0.6) is 0 Å². The predicted molar refractivity (Wildman–Crippen MR) is 135 cm³/mol. The van der Waals surface area contributed by atoms with E-state index in [-0.39, 0.29) is 16.6 Å². The molecule has 1 aromatic heterocycles. The number of carbonyl (C=O) groups is 1. The number of aryl methyl sites for hydroxylation is 1. The van der Waals surface area contributed by atoms with Crippen molar-refractivity contribution >= 4 is 11.9 Å². The van der Waals surface area contributed by atoms with Crippen LogP contribution in [0.4, 0.5) is 0 Å². The first-order chi connectivity index (χ1) is 16.1. The maximum atomic E-state index is 12.6. The van der Waals surface area contributed by atoms with E-state index in [0.717, 1.165) is 37.8 Å². The average molecular weight is 459 g/mol. The second kappa shape index (κ2) is 7.16. The molecule has 180 valence electrons. The van der Waals surface area contributed by atoms with Gasteiger partial charge in [0.25, 0.3) is 0 Å². The number of ketones is 1. The maximum absolute atomic E-state index is 12.6. The monoisotopic (exact) mass is 458 g/mol. The molecule has 0 bridgehead atoms. The number of hydrogen-bond acceptors (Lipinski definition) is 3. The standard InChI is InChI=1S/C30H38N2O2/c1-18-7-6-8-22(13-18)32-27-15-26-19(2)14-23-24(28(26,4)16-21(27)17-31-32)9-11-29(5)25(23)10-12-30(29,34)20(3)33/h6-8,13,15,17,19,23-25,34H,9-12,14,16H2,1-5H3/t19-,23+,24-,25-,28+,29-,30-/m0/s1. The Morgan fingerprint density at radius 3 is 2.68 bits per heavy atom. The Labute approximate surface area is 203 Å². The molecule has 3 fully saturated rings. The largest absolute Gasteiger partial charge is 0.382 e. The van der Waals surface area contributed by atoms with E-state index in [0.29, 0.717) is 30.1 Å². The average Bonchev–Trinajstić information content (AvgIpc) is 3.31. The van der Waals surface area contributed by atoms with Crippen LogP contribution in [0, 0.1) is 41.4 Å². The minimum absolute atomic E-state index is 0.0301. The van der Waals surface area contributed by atoms with Crippen molar-refractivity contribution in [1.29, 1.82) is 0 Å². The molecule has 2 aromatic rings. The fourth-order valence-corrected chi connectivity index (χ4v) is 9.04. The second-order valence-electron chi connectivity index (χ2n) is 12.4. The number of rotatable bonds is 2. The second-order valence-corrected chi connectivity index (χ2v) is 12.4. The Balaban J connectivity index is 1.39. The van der Waals surface area contributed by atoms with Crippen molar-refractivity contribution in [2.24, 2.45) is 34.5 Å². The zero-order chi connectivity index (χ0) is 24.0. The molecule has 0 saturated heterocycles. The summed E-state index contributed by atoms with van der Waals surface area (Å²) in [6.45, 7) is 10.8. The lowest BCUT2D eigenvalue weighted by molar-refractivity contribution is -0.160. The van der Waals surface area contributed by atoms with Gasteiger partial charge in [-0.3, -0.25) is 4.79 Å². The van der Waals surface area contributed by atoms with E-state index in [1.807, 2.05) is 0 Å². The highest BCUT2D eigenvalue weighted by Gasteiger charge is 2.66. The molecule has 0 radical (unpaired) electrons. The summed E-state index contributed by atoms with van der Waals surface area (Å²) in [5.41, 5.74) is 5.25. The number of carbonyl (C=O) groups excluding carboxylic acids is 1. The lowest BCUT2D eigenvalue weighted by Crippen LogP contribution is -2.58. The number of Topliss-reactive ketones (excluding diaryl/α,β-unsaturated/α-hetero) is 1. The zero-order valence-corrected chi connectivity index (χ0v) is 21.3. The molecule has 4 nitrogen and oxygen atoms in total. The first kappa shape index (κ1) is 22.3. The summed E-state index contributed by atoms with van der Waals surface area (Å²) in [5.74, 6) is 2.05. The smallest absolute Gasteiger partial charge is 0.161 e. The van der Waals surface area contributed by atoms with Crippen molar-refractivity contribution in [3.8, 4) is 5.69 Å². The van der Waals surface area contributed by atoms with Crippen molar-refractivity contribution in [3.05, 3.63) is 52.9 Å². The fourth-order valence-electron chi connectivity index (χ4n) is 9.04. The van der Waals surface area contributed by atoms with Gasteiger partial charge in [-0.15, -0.1) is 0 Å². The van der Waals surface area contributed by atoms with Crippen LogP contribution in [-0.2, 0) is 11.2 Å². The molecule has 0 unspecified atom stereocenters. The van der Waals surface area contributed by atoms with Gasteiger partial charge >= 0.3 is 0 Å². The number of aliphatic hydroxyl groups is 1. The first-order valence-corrected chi connectivity index (χ1v) is 13.2. The van der Waals surface area contributed by atoms with Crippen molar-refractivity contribution in [3.63, 3.8) is 0 Å². The van der Waals surface area contributed by atoms with E-state index in [1.54, 1.807) is 12.5 Å². The van der Waals surface area contributed by atoms with Crippen LogP contribution in [0.3, 0.4) is 0 Å². The minimum atomic E-state index is -1.14. The summed E-state index contributed by atoms with van der Waals surface area (Å²) >= 11 is 0. The third kappa shape index (κ3) is 2.75. The third-order valence-corrected chi connectivity index (χ3v) is 10.8. The van der Waals surface area contributed by atoms with Gasteiger partial charge in [-0.1, -0.05) is 38.5 Å². The van der Waals surface area contributed by atoms with Gasteiger partial charge < -0.3 is 5.11 Å². The molecule has 1 aromatic carbocycles. The summed E-state index contributed by atoms with van der Waals surface area (Å²) in [7, 11) is 0. The maximum Gasteiger partial charge on any atom is 0.161 e. The van der Waals surface area contributed by atoms with Gasteiger partial charge in [0, 0.05) is 5.41 Å². The Morgan fingerprint density at radius 2 is 1.94 bits per heavy atom. The van der Waals surface area contributed by atoms with Crippen LogP contribution in [-0.4, -0.2) is 26.3 Å². The molecule has 3 saturated carbocycles. The van der Waals surface area contributed by atoms with Crippen LogP contribution in [0.1, 0.15) is 76.6 Å². The lowest BCUT2D eigenvalue weighted by Gasteiger charge is -2.60. The van der Waals surface area contributed by atoms with Crippen LogP contribution >= 0.6 is 0 Å². The van der Waals surface area contributed by atoms with E-state index in [1.165, 1.54) is 16.8 Å². The third-order valence-electron chi connectivity index (χ3n) is 10.8. The number of allylic oxidation sites excluding steroid dienone is 1. The molecule has 4 aliphatic carbocycles. The van der Waals surface area contributed by atoms with Gasteiger partial charge in [-0.25, -0.2) is 4.68 Å². The van der Waals surface area contributed by atoms with Crippen molar-refractivity contribution < 1.29 is 9.90 Å². The van der Waals surface area contributed by atoms with Crippen LogP contribution < -0.4 is 0 Å². The quantitative estimate of drug-likeness (QED) is 0.607. The molecule has 0 spiro atoms. The van der Waals surface area contributed by atoms with E-state index < -0.39 is 5.60 Å². The van der Waals surface area contributed by atoms with E-state index in [4.69, 9.17) is 5.10 Å². The van der Waals surface area contributed by atoms with Crippen LogP contribution in [0.2, 0.25) is 0 Å². The first-order valence-electron chi connectivity index (χ1n) is 13.2. The molecule has 1 heterocycles. The lowest BCUT2D eigenvalue weighted by atomic mass is 9.44. The zero-order valence-electron chi connectivity index (χ0n) is 21.3. The van der Waals surface area contributed by atoms with Crippen molar-refractivity contribution in [2.75, 3.05) is 0 Å². The van der Waals surface area contributed by atoms with E-state index >= 15 is 0 Å². The molecule has 6 rings (SSSR count).